The average molecular weight is 487 g/mol. The number of benzene rings is 3. The fourth-order valence-electron chi connectivity index (χ4n) is 4.83. The summed E-state index contributed by atoms with van der Waals surface area (Å²) in [6, 6.07) is 19.3. The molecule has 4 aromatic rings. The van der Waals surface area contributed by atoms with Crippen molar-refractivity contribution in [1.29, 1.82) is 0 Å². The van der Waals surface area contributed by atoms with Gasteiger partial charge in [-0.3, -0.25) is 14.5 Å². The van der Waals surface area contributed by atoms with Gasteiger partial charge in [0.05, 0.1) is 29.3 Å². The highest BCUT2D eigenvalue weighted by molar-refractivity contribution is 6.52. The third-order valence-electron chi connectivity index (χ3n) is 6.35. The Kier molecular flexibility index (Phi) is 5.61. The highest BCUT2D eigenvalue weighted by Crippen LogP contribution is 2.46. The van der Waals surface area contributed by atoms with Gasteiger partial charge in [0, 0.05) is 35.4 Å². The Morgan fingerprint density at radius 2 is 1.71 bits per heavy atom. The number of methoxy groups -OCH3 is 1. The first-order valence-electron chi connectivity index (χ1n) is 11.1. The highest BCUT2D eigenvalue weighted by atomic mass is 35.5. The van der Waals surface area contributed by atoms with Crippen molar-refractivity contribution in [2.24, 2.45) is 7.05 Å². The number of rotatable bonds is 4. The minimum absolute atomic E-state index is 0.0184. The number of fused-ring (bicyclic) bond motifs is 1. The molecule has 1 atom stereocenters. The van der Waals surface area contributed by atoms with E-state index in [4.69, 9.17) is 16.3 Å². The third-order valence-corrected chi connectivity index (χ3v) is 6.63. The van der Waals surface area contributed by atoms with Gasteiger partial charge in [0.2, 0.25) is 0 Å². The Morgan fingerprint density at radius 1 is 1.03 bits per heavy atom. The Labute approximate surface area is 207 Å². The van der Waals surface area contributed by atoms with Crippen molar-refractivity contribution >= 4 is 45.6 Å². The molecule has 1 fully saturated rings. The second-order valence-electron chi connectivity index (χ2n) is 8.54. The summed E-state index contributed by atoms with van der Waals surface area (Å²) in [5.41, 5.74) is 3.24. The molecule has 1 aliphatic heterocycles. The predicted molar refractivity (Wildman–Crippen MR) is 137 cm³/mol. The average Bonchev–Trinajstić information content (AvgIpc) is 3.32. The molecule has 0 radical (unpaired) electrons. The van der Waals surface area contributed by atoms with Gasteiger partial charge in [0.1, 0.15) is 11.5 Å². The second-order valence-corrected chi connectivity index (χ2v) is 8.95. The molecular weight excluding hydrogens is 464 g/mol. The van der Waals surface area contributed by atoms with Crippen LogP contribution in [0.25, 0.3) is 16.7 Å². The lowest BCUT2D eigenvalue weighted by molar-refractivity contribution is -0.132. The predicted octanol–water partition coefficient (Wildman–Crippen LogP) is 5.78. The van der Waals surface area contributed by atoms with Crippen molar-refractivity contribution in [1.82, 2.24) is 4.57 Å². The summed E-state index contributed by atoms with van der Waals surface area (Å²) in [4.78, 5) is 28.4. The Morgan fingerprint density at radius 3 is 2.43 bits per heavy atom. The molecule has 1 N–H and O–H groups in total. The molecule has 0 saturated carbocycles. The number of hydrogen-bond acceptors (Lipinski definition) is 4. The van der Waals surface area contributed by atoms with Crippen LogP contribution < -0.4 is 9.64 Å². The van der Waals surface area contributed by atoms with E-state index in [1.165, 1.54) is 12.0 Å². The lowest BCUT2D eigenvalue weighted by Crippen LogP contribution is -2.29. The maximum atomic E-state index is 13.5. The van der Waals surface area contributed by atoms with Crippen LogP contribution >= 0.6 is 11.6 Å². The fourth-order valence-corrected chi connectivity index (χ4v) is 5.18. The Bertz CT molecular complexity index is 1520. The molecule has 3 aromatic carbocycles. The minimum atomic E-state index is -0.854. The third kappa shape index (κ3) is 3.58. The number of hydrogen-bond donors (Lipinski definition) is 1. The van der Waals surface area contributed by atoms with E-state index < -0.39 is 17.7 Å². The molecular formula is C28H23ClN2O4. The molecule has 7 heteroatoms. The lowest BCUT2D eigenvalue weighted by Gasteiger charge is -2.25. The van der Waals surface area contributed by atoms with Crippen molar-refractivity contribution in [3.63, 3.8) is 0 Å². The monoisotopic (exact) mass is 486 g/mol. The molecule has 1 unspecified atom stereocenters. The fraction of sp³-hybridized carbons (Fsp3) is 0.143. The van der Waals surface area contributed by atoms with E-state index in [9.17, 15) is 14.7 Å². The SMILES string of the molecule is COc1c(Cl)cc(C)cc1/C(O)=C1\C(=O)C(=O)N(c2ccccc2)C1c1cn(C)c2ccccc12. The van der Waals surface area contributed by atoms with Gasteiger partial charge in [-0.25, -0.2) is 0 Å². The molecule has 1 saturated heterocycles. The quantitative estimate of drug-likeness (QED) is 0.225. The first-order chi connectivity index (χ1) is 16.8. The van der Waals surface area contributed by atoms with Crippen LogP contribution in [-0.4, -0.2) is 28.5 Å². The largest absolute Gasteiger partial charge is 0.507 e. The van der Waals surface area contributed by atoms with Crippen LogP contribution in [0.5, 0.6) is 5.75 Å². The number of ether oxygens (including phenoxy) is 1. The van der Waals surface area contributed by atoms with Crippen molar-refractivity contribution in [3.8, 4) is 5.75 Å². The molecule has 1 aromatic heterocycles. The molecule has 2 heterocycles. The maximum absolute atomic E-state index is 13.5. The van der Waals surface area contributed by atoms with Gasteiger partial charge >= 0.3 is 0 Å². The lowest BCUT2D eigenvalue weighted by atomic mass is 9.94. The van der Waals surface area contributed by atoms with Gasteiger partial charge in [-0.15, -0.1) is 0 Å². The van der Waals surface area contributed by atoms with Crippen molar-refractivity contribution in [2.45, 2.75) is 13.0 Å². The molecule has 1 aliphatic rings. The number of aliphatic hydroxyl groups is 1. The number of carbonyl (C=O) groups is 2. The number of amides is 1. The maximum Gasteiger partial charge on any atom is 0.300 e. The summed E-state index contributed by atoms with van der Waals surface area (Å²) >= 11 is 6.39. The van der Waals surface area contributed by atoms with Gasteiger partial charge in [-0.1, -0.05) is 48.0 Å². The van der Waals surface area contributed by atoms with E-state index in [1.807, 2.05) is 55.1 Å². The summed E-state index contributed by atoms with van der Waals surface area (Å²) in [5, 5.41) is 12.8. The second kappa shape index (κ2) is 8.64. The number of para-hydroxylation sites is 2. The molecule has 35 heavy (non-hydrogen) atoms. The normalized spacial score (nSPS) is 17.4. The zero-order chi connectivity index (χ0) is 24.9. The highest BCUT2D eigenvalue weighted by Gasteiger charge is 2.48. The summed E-state index contributed by atoms with van der Waals surface area (Å²) in [6.07, 6.45) is 1.89. The summed E-state index contributed by atoms with van der Waals surface area (Å²) in [6.45, 7) is 1.83. The minimum Gasteiger partial charge on any atom is -0.507 e. The Balaban J connectivity index is 1.85. The number of carbonyl (C=O) groups excluding carboxylic acids is 2. The Hall–Kier alpha value is -4.03. The number of nitrogens with zero attached hydrogens (tertiary/aromatic N) is 2. The summed E-state index contributed by atoms with van der Waals surface area (Å²) in [5.74, 6) is -1.59. The smallest absolute Gasteiger partial charge is 0.300 e. The molecule has 176 valence electrons. The zero-order valence-electron chi connectivity index (χ0n) is 19.4. The molecule has 1 amide bonds. The van der Waals surface area contributed by atoms with E-state index in [-0.39, 0.29) is 22.6 Å². The van der Waals surface area contributed by atoms with Gasteiger partial charge in [0.15, 0.2) is 0 Å². The molecule has 5 rings (SSSR count). The van der Waals surface area contributed by atoms with E-state index >= 15 is 0 Å². The van der Waals surface area contributed by atoms with Crippen molar-refractivity contribution < 1.29 is 19.4 Å². The van der Waals surface area contributed by atoms with Crippen LogP contribution in [0.4, 0.5) is 5.69 Å². The number of anilines is 1. The van der Waals surface area contributed by atoms with E-state index in [2.05, 4.69) is 0 Å². The van der Waals surface area contributed by atoms with Crippen molar-refractivity contribution in [3.05, 3.63) is 100 Å². The van der Waals surface area contributed by atoms with Crippen LogP contribution in [0.15, 0.2) is 78.5 Å². The van der Waals surface area contributed by atoms with E-state index in [1.54, 1.807) is 36.4 Å². The summed E-state index contributed by atoms with van der Waals surface area (Å²) < 4.78 is 7.40. The molecule has 0 bridgehead atoms. The van der Waals surface area contributed by atoms with Crippen LogP contribution in [0.2, 0.25) is 5.02 Å². The van der Waals surface area contributed by atoms with Gasteiger partial charge in [0.25, 0.3) is 11.7 Å². The van der Waals surface area contributed by atoms with E-state index in [0.29, 0.717) is 10.7 Å². The number of Topliss-reactive ketones (excluding diaryl/α,β-unsaturated/α-hetero) is 1. The number of halogens is 1. The van der Waals surface area contributed by atoms with Crippen LogP contribution in [0.3, 0.4) is 0 Å². The number of aliphatic hydroxyl groups excluding tert-OH is 1. The van der Waals surface area contributed by atoms with E-state index in [0.717, 1.165) is 22.0 Å². The van der Waals surface area contributed by atoms with Crippen molar-refractivity contribution in [2.75, 3.05) is 12.0 Å². The number of ketones is 1. The number of aryl methyl sites for hydroxylation is 2. The zero-order valence-corrected chi connectivity index (χ0v) is 20.2. The van der Waals surface area contributed by atoms with Gasteiger partial charge in [-0.2, -0.15) is 0 Å². The molecule has 6 nitrogen and oxygen atoms in total. The molecule has 0 aliphatic carbocycles. The van der Waals surface area contributed by atoms with Gasteiger partial charge < -0.3 is 14.4 Å². The van der Waals surface area contributed by atoms with Gasteiger partial charge in [-0.05, 0) is 42.8 Å². The number of aromatic nitrogens is 1. The standard InChI is InChI=1S/C28H23ClN2O4/c1-16-13-19(27(35-3)21(29)14-16)25(32)23-24(20-15-30(2)22-12-8-7-11-18(20)22)31(28(34)26(23)33)17-9-5-4-6-10-17/h4-15,24,32H,1-3H3/b25-23+. The van der Waals surface area contributed by atoms with Crippen LogP contribution in [0, 0.1) is 6.92 Å². The summed E-state index contributed by atoms with van der Waals surface area (Å²) in [7, 11) is 3.35. The molecule has 0 spiro atoms. The first kappa shape index (κ1) is 22.7. The van der Waals surface area contributed by atoms with Crippen LogP contribution in [-0.2, 0) is 16.6 Å². The first-order valence-corrected chi connectivity index (χ1v) is 11.5. The topological polar surface area (TPSA) is 71.8 Å². The van der Waals surface area contributed by atoms with Crippen LogP contribution in [0.1, 0.15) is 22.7 Å².